The van der Waals surface area contributed by atoms with Gasteiger partial charge in [-0.1, -0.05) is 12.2 Å². The zero-order chi connectivity index (χ0) is 13.1. The Morgan fingerprint density at radius 2 is 2.39 bits per heavy atom. The van der Waals surface area contributed by atoms with Crippen molar-refractivity contribution in [1.29, 1.82) is 0 Å². The van der Waals surface area contributed by atoms with Gasteiger partial charge in [-0.3, -0.25) is 4.79 Å². The zero-order valence-electron chi connectivity index (χ0n) is 10.2. The minimum absolute atomic E-state index is 0.0283. The maximum absolute atomic E-state index is 12.5. The molecule has 1 fully saturated rings. The maximum Gasteiger partial charge on any atom is 0.268 e. The molecule has 1 saturated carbocycles. The molecule has 98 valence electrons. The predicted molar refractivity (Wildman–Crippen MR) is 76.3 cm³/mol. The molecule has 0 atom stereocenters. The van der Waals surface area contributed by atoms with Gasteiger partial charge in [0.05, 0.1) is 12.1 Å². The molecule has 0 bridgehead atoms. The molecule has 0 saturated heterocycles. The van der Waals surface area contributed by atoms with Gasteiger partial charge in [0, 0.05) is 19.0 Å². The van der Waals surface area contributed by atoms with Crippen molar-refractivity contribution in [2.45, 2.75) is 25.3 Å². The largest absolute Gasteiger partial charge is 0.495 e. The zero-order valence-corrected chi connectivity index (χ0v) is 11.9. The van der Waals surface area contributed by atoms with E-state index in [-0.39, 0.29) is 5.91 Å². The number of carbonyl (C=O) groups is 1. The highest BCUT2D eigenvalue weighted by molar-refractivity contribution is 7.80. The topological polar surface area (TPSA) is 55.6 Å². The molecule has 0 radical (unpaired) electrons. The van der Waals surface area contributed by atoms with Crippen LogP contribution in [-0.2, 0) is 0 Å². The highest BCUT2D eigenvalue weighted by Crippen LogP contribution is 2.32. The molecule has 1 amide bonds. The van der Waals surface area contributed by atoms with Crippen LogP contribution < -0.4 is 10.5 Å². The average Bonchev–Trinajstić information content (AvgIpc) is 3.06. The van der Waals surface area contributed by atoms with E-state index in [1.165, 1.54) is 11.3 Å². The number of hydrogen-bond acceptors (Lipinski definition) is 4. The van der Waals surface area contributed by atoms with Crippen molar-refractivity contribution in [3.63, 3.8) is 0 Å². The van der Waals surface area contributed by atoms with Gasteiger partial charge in [-0.25, -0.2) is 0 Å². The molecular formula is C12H16N2O2S2. The molecule has 6 heteroatoms. The van der Waals surface area contributed by atoms with Crippen LogP contribution in [0.4, 0.5) is 0 Å². The van der Waals surface area contributed by atoms with Crippen LogP contribution >= 0.6 is 23.6 Å². The molecule has 0 unspecified atom stereocenters. The van der Waals surface area contributed by atoms with Crippen LogP contribution in [-0.4, -0.2) is 35.5 Å². The number of carbonyl (C=O) groups excluding carboxylic acids is 1. The van der Waals surface area contributed by atoms with E-state index in [9.17, 15) is 4.79 Å². The van der Waals surface area contributed by atoms with Crippen molar-refractivity contribution in [2.24, 2.45) is 5.73 Å². The first-order chi connectivity index (χ1) is 8.63. The number of rotatable bonds is 6. The molecule has 0 aliphatic heterocycles. The van der Waals surface area contributed by atoms with E-state index in [2.05, 4.69) is 0 Å². The first-order valence-electron chi connectivity index (χ1n) is 5.84. The van der Waals surface area contributed by atoms with Crippen molar-refractivity contribution in [1.82, 2.24) is 4.90 Å². The lowest BCUT2D eigenvalue weighted by atomic mass is 10.3. The summed E-state index contributed by atoms with van der Waals surface area (Å²) in [5.74, 6) is 0.673. The van der Waals surface area contributed by atoms with Crippen molar-refractivity contribution >= 4 is 34.5 Å². The van der Waals surface area contributed by atoms with Gasteiger partial charge in [0.1, 0.15) is 10.6 Å². The van der Waals surface area contributed by atoms with E-state index in [0.717, 1.165) is 12.8 Å². The van der Waals surface area contributed by atoms with Gasteiger partial charge in [0.25, 0.3) is 5.91 Å². The fourth-order valence-corrected chi connectivity index (χ4v) is 2.72. The number of thiophene rings is 1. The van der Waals surface area contributed by atoms with Crippen LogP contribution in [0.2, 0.25) is 0 Å². The van der Waals surface area contributed by atoms with Crippen LogP contribution in [0.25, 0.3) is 0 Å². The fourth-order valence-electron chi connectivity index (χ4n) is 1.81. The number of methoxy groups -OCH3 is 1. The number of nitrogens with two attached hydrogens (primary N) is 1. The molecule has 18 heavy (non-hydrogen) atoms. The number of nitrogens with zero attached hydrogens (tertiary/aromatic N) is 1. The Morgan fingerprint density at radius 3 is 2.94 bits per heavy atom. The summed E-state index contributed by atoms with van der Waals surface area (Å²) in [5.41, 5.74) is 5.51. The third-order valence-corrected chi connectivity index (χ3v) is 3.98. The Morgan fingerprint density at radius 1 is 1.67 bits per heavy atom. The van der Waals surface area contributed by atoms with Crippen LogP contribution in [0.15, 0.2) is 11.4 Å². The summed E-state index contributed by atoms with van der Waals surface area (Å²) in [6.45, 7) is 0.597. The number of hydrogen-bond donors (Lipinski definition) is 1. The summed E-state index contributed by atoms with van der Waals surface area (Å²) in [7, 11) is 1.58. The minimum Gasteiger partial charge on any atom is -0.495 e. The molecule has 1 heterocycles. The summed E-state index contributed by atoms with van der Waals surface area (Å²) < 4.78 is 5.19. The molecule has 1 aromatic heterocycles. The molecule has 0 spiro atoms. The van der Waals surface area contributed by atoms with Crippen molar-refractivity contribution in [2.75, 3.05) is 13.7 Å². The van der Waals surface area contributed by atoms with E-state index in [0.29, 0.717) is 34.6 Å². The Hall–Kier alpha value is -1.14. The van der Waals surface area contributed by atoms with Gasteiger partial charge >= 0.3 is 0 Å². The smallest absolute Gasteiger partial charge is 0.268 e. The van der Waals surface area contributed by atoms with Crippen LogP contribution in [0.1, 0.15) is 28.9 Å². The Kier molecular flexibility index (Phi) is 4.19. The fraction of sp³-hybridized carbons (Fsp3) is 0.500. The van der Waals surface area contributed by atoms with Crippen LogP contribution in [0, 0.1) is 0 Å². The van der Waals surface area contributed by atoms with E-state index >= 15 is 0 Å². The quantitative estimate of drug-likeness (QED) is 0.812. The molecule has 4 nitrogen and oxygen atoms in total. The third-order valence-electron chi connectivity index (χ3n) is 2.89. The van der Waals surface area contributed by atoms with E-state index in [1.54, 1.807) is 7.11 Å². The monoisotopic (exact) mass is 284 g/mol. The van der Waals surface area contributed by atoms with Gasteiger partial charge in [-0.2, -0.15) is 0 Å². The summed E-state index contributed by atoms with van der Waals surface area (Å²) in [4.78, 5) is 15.4. The Bertz CT molecular complexity index is 455. The minimum atomic E-state index is 0.0283. The Labute approximate surface area is 116 Å². The first-order valence-corrected chi connectivity index (χ1v) is 7.13. The molecule has 2 N–H and O–H groups in total. The summed E-state index contributed by atoms with van der Waals surface area (Å²) in [5, 5.41) is 1.87. The van der Waals surface area contributed by atoms with E-state index in [1.807, 2.05) is 16.3 Å². The Balaban J connectivity index is 2.10. The van der Waals surface area contributed by atoms with Crippen LogP contribution in [0.3, 0.4) is 0 Å². The van der Waals surface area contributed by atoms with Crippen molar-refractivity contribution < 1.29 is 9.53 Å². The molecule has 1 aliphatic rings. The number of amides is 1. The second-order valence-corrected chi connectivity index (χ2v) is 5.70. The van der Waals surface area contributed by atoms with E-state index in [4.69, 9.17) is 22.7 Å². The maximum atomic E-state index is 12.5. The molecule has 1 aromatic rings. The van der Waals surface area contributed by atoms with Gasteiger partial charge in [0.15, 0.2) is 0 Å². The first kappa shape index (κ1) is 13.3. The molecular weight excluding hydrogens is 268 g/mol. The predicted octanol–water partition coefficient (Wildman–Crippen LogP) is 2.04. The number of ether oxygens (including phenoxy) is 1. The van der Waals surface area contributed by atoms with Gasteiger partial charge in [-0.15, -0.1) is 11.3 Å². The van der Waals surface area contributed by atoms with Crippen molar-refractivity contribution in [3.05, 3.63) is 16.3 Å². The molecule has 1 aliphatic carbocycles. The van der Waals surface area contributed by atoms with Crippen molar-refractivity contribution in [3.8, 4) is 5.75 Å². The SMILES string of the molecule is COc1ccsc1C(=O)N(CCC(N)=S)C1CC1. The normalized spacial score (nSPS) is 14.3. The highest BCUT2D eigenvalue weighted by Gasteiger charge is 2.34. The molecule has 2 rings (SSSR count). The second kappa shape index (κ2) is 5.67. The molecule has 0 aromatic carbocycles. The average molecular weight is 284 g/mol. The van der Waals surface area contributed by atoms with Gasteiger partial charge in [0.2, 0.25) is 0 Å². The second-order valence-electron chi connectivity index (χ2n) is 4.26. The summed E-state index contributed by atoms with van der Waals surface area (Å²) in [6.07, 6.45) is 2.71. The summed E-state index contributed by atoms with van der Waals surface area (Å²) in [6, 6.07) is 2.16. The van der Waals surface area contributed by atoms with Gasteiger partial charge < -0.3 is 15.4 Å². The number of thiocarbonyl (C=S) groups is 1. The lowest BCUT2D eigenvalue weighted by Crippen LogP contribution is -2.35. The highest BCUT2D eigenvalue weighted by atomic mass is 32.1. The summed E-state index contributed by atoms with van der Waals surface area (Å²) >= 11 is 6.28. The van der Waals surface area contributed by atoms with E-state index < -0.39 is 0 Å². The standard InChI is InChI=1S/C12H16N2O2S2/c1-16-9-5-7-18-11(9)12(15)14(8-2-3-8)6-4-10(13)17/h5,7-8H,2-4,6H2,1H3,(H2,13,17). The van der Waals surface area contributed by atoms with Gasteiger partial charge in [-0.05, 0) is 24.3 Å². The lowest BCUT2D eigenvalue weighted by molar-refractivity contribution is 0.0750. The third kappa shape index (κ3) is 3.00. The van der Waals surface area contributed by atoms with Crippen LogP contribution in [0.5, 0.6) is 5.75 Å². The lowest BCUT2D eigenvalue weighted by Gasteiger charge is -2.21.